The van der Waals surface area contributed by atoms with Crippen molar-refractivity contribution in [2.75, 3.05) is 7.05 Å². The van der Waals surface area contributed by atoms with Gasteiger partial charge in [0.15, 0.2) is 0 Å². The van der Waals surface area contributed by atoms with Crippen molar-refractivity contribution in [3.05, 3.63) is 70.1 Å². The fourth-order valence-corrected chi connectivity index (χ4v) is 3.39. The number of nitrogens with zero attached hydrogens (tertiary/aromatic N) is 1. The first-order chi connectivity index (χ1) is 11.5. The molecule has 3 rings (SSSR count). The van der Waals surface area contributed by atoms with Gasteiger partial charge >= 0.3 is 0 Å². The van der Waals surface area contributed by atoms with Gasteiger partial charge in [-0.1, -0.05) is 65.9 Å². The summed E-state index contributed by atoms with van der Waals surface area (Å²) in [5, 5.41) is 0. The fourth-order valence-electron chi connectivity index (χ4n) is 2.21. The highest BCUT2D eigenvalue weighted by molar-refractivity contribution is 8.26. The molecular weight excluding hydrogens is 338 g/mol. The molecule has 122 valence electrons. The molecule has 1 fully saturated rings. The molecule has 24 heavy (non-hydrogen) atoms. The molecule has 5 heteroatoms. The van der Waals surface area contributed by atoms with Gasteiger partial charge in [-0.25, -0.2) is 0 Å². The number of thiocarbonyl (C=S) groups is 1. The normalized spacial score (nSPS) is 16.1. The van der Waals surface area contributed by atoms with E-state index in [2.05, 4.69) is 31.2 Å². The molecule has 3 nitrogen and oxygen atoms in total. The predicted octanol–water partition coefficient (Wildman–Crippen LogP) is 4.41. The molecule has 0 aromatic heterocycles. The van der Waals surface area contributed by atoms with Gasteiger partial charge in [0.05, 0.1) is 4.91 Å². The number of carbonyl (C=O) groups excluding carboxylic acids is 1. The summed E-state index contributed by atoms with van der Waals surface area (Å²) in [4.78, 5) is 14.1. The third-order valence-electron chi connectivity index (χ3n) is 3.69. The molecular formula is C19H17NO2S2. The second-order valence-electron chi connectivity index (χ2n) is 5.58. The highest BCUT2D eigenvalue weighted by Crippen LogP contribution is 2.31. The summed E-state index contributed by atoms with van der Waals surface area (Å²) in [6.45, 7) is 2.60. The molecule has 0 spiro atoms. The Labute approximate surface area is 151 Å². The van der Waals surface area contributed by atoms with Crippen LogP contribution >= 0.6 is 24.0 Å². The van der Waals surface area contributed by atoms with Crippen LogP contribution in [0, 0.1) is 6.92 Å². The van der Waals surface area contributed by atoms with Crippen LogP contribution in [0.5, 0.6) is 5.75 Å². The van der Waals surface area contributed by atoms with Gasteiger partial charge in [-0.15, -0.1) is 0 Å². The fraction of sp³-hybridized carbons (Fsp3) is 0.158. The third kappa shape index (κ3) is 3.86. The van der Waals surface area contributed by atoms with E-state index in [1.54, 1.807) is 7.05 Å². The third-order valence-corrected chi connectivity index (χ3v) is 5.18. The first kappa shape index (κ1) is 16.7. The van der Waals surface area contributed by atoms with Crippen LogP contribution in [0.2, 0.25) is 0 Å². The minimum atomic E-state index is -0.0512. The monoisotopic (exact) mass is 355 g/mol. The maximum absolute atomic E-state index is 12.0. The number of amides is 1. The van der Waals surface area contributed by atoms with Crippen molar-refractivity contribution in [3.8, 4) is 5.75 Å². The van der Waals surface area contributed by atoms with Gasteiger partial charge in [0.2, 0.25) is 0 Å². The molecule has 0 atom stereocenters. The number of aryl methyl sites for hydroxylation is 1. The van der Waals surface area contributed by atoms with Crippen LogP contribution in [0.4, 0.5) is 0 Å². The van der Waals surface area contributed by atoms with Crippen LogP contribution in [-0.2, 0) is 11.4 Å². The van der Waals surface area contributed by atoms with E-state index in [4.69, 9.17) is 17.0 Å². The number of hydrogen-bond acceptors (Lipinski definition) is 4. The van der Waals surface area contributed by atoms with Crippen molar-refractivity contribution in [2.45, 2.75) is 13.5 Å². The molecule has 1 heterocycles. The zero-order valence-corrected chi connectivity index (χ0v) is 15.1. The van der Waals surface area contributed by atoms with Gasteiger partial charge in [0.1, 0.15) is 16.7 Å². The summed E-state index contributed by atoms with van der Waals surface area (Å²) in [5.74, 6) is 0.750. The summed E-state index contributed by atoms with van der Waals surface area (Å²) in [6, 6.07) is 16.0. The van der Waals surface area contributed by atoms with Gasteiger partial charge < -0.3 is 4.74 Å². The maximum Gasteiger partial charge on any atom is 0.265 e. The number of likely N-dealkylation sites (N-methyl/N-ethyl adjacent to an activating group) is 1. The minimum Gasteiger partial charge on any atom is -0.489 e. The van der Waals surface area contributed by atoms with Gasteiger partial charge in [-0.05, 0) is 36.3 Å². The standard InChI is InChI=1S/C19H17NO2S2/c1-13-3-5-15(6-4-13)12-22-16-9-7-14(8-10-16)11-17-18(21)20(2)19(23)24-17/h3-11H,12H2,1-2H3/b17-11-. The van der Waals surface area contributed by atoms with Crippen LogP contribution in [0.15, 0.2) is 53.4 Å². The Bertz CT molecular complexity index is 795. The smallest absolute Gasteiger partial charge is 0.265 e. The Morgan fingerprint density at radius 3 is 2.38 bits per heavy atom. The van der Waals surface area contributed by atoms with Crippen molar-refractivity contribution in [1.82, 2.24) is 4.90 Å². The Morgan fingerprint density at radius 1 is 1.12 bits per heavy atom. The van der Waals surface area contributed by atoms with Crippen molar-refractivity contribution in [2.24, 2.45) is 0 Å². The average molecular weight is 355 g/mol. The zero-order valence-electron chi connectivity index (χ0n) is 13.5. The number of benzene rings is 2. The molecule has 1 saturated heterocycles. The zero-order chi connectivity index (χ0) is 17.1. The van der Waals surface area contributed by atoms with Gasteiger partial charge in [-0.3, -0.25) is 9.69 Å². The number of carbonyl (C=O) groups is 1. The van der Waals surface area contributed by atoms with Gasteiger partial charge in [-0.2, -0.15) is 0 Å². The molecule has 0 unspecified atom stereocenters. The van der Waals surface area contributed by atoms with Crippen LogP contribution in [-0.4, -0.2) is 22.2 Å². The Hall–Kier alpha value is -2.11. The van der Waals surface area contributed by atoms with Crippen LogP contribution in [0.3, 0.4) is 0 Å². The van der Waals surface area contributed by atoms with E-state index in [-0.39, 0.29) is 5.91 Å². The van der Waals surface area contributed by atoms with Crippen LogP contribution < -0.4 is 4.74 Å². The Kier molecular flexibility index (Phi) is 5.02. The second-order valence-corrected chi connectivity index (χ2v) is 7.26. The van der Waals surface area contributed by atoms with Crippen LogP contribution in [0.25, 0.3) is 6.08 Å². The van der Waals surface area contributed by atoms with Crippen molar-refractivity contribution >= 4 is 40.3 Å². The number of rotatable bonds is 4. The first-order valence-electron chi connectivity index (χ1n) is 7.53. The van der Waals surface area contributed by atoms with E-state index in [1.807, 2.05) is 30.3 Å². The predicted molar refractivity (Wildman–Crippen MR) is 103 cm³/mol. The SMILES string of the molecule is Cc1ccc(COc2ccc(/C=C3\SC(=S)N(C)C3=O)cc2)cc1. The number of thioether (sulfide) groups is 1. The number of ether oxygens (including phenoxy) is 1. The number of hydrogen-bond donors (Lipinski definition) is 0. The molecule has 2 aromatic rings. The lowest BCUT2D eigenvalue weighted by Crippen LogP contribution is -2.22. The van der Waals surface area contributed by atoms with Gasteiger partial charge in [0, 0.05) is 7.05 Å². The minimum absolute atomic E-state index is 0.0512. The van der Waals surface area contributed by atoms with E-state index < -0.39 is 0 Å². The molecule has 1 aliphatic rings. The summed E-state index contributed by atoms with van der Waals surface area (Å²) < 4.78 is 6.38. The summed E-state index contributed by atoms with van der Waals surface area (Å²) in [5.41, 5.74) is 3.32. The average Bonchev–Trinajstić information content (AvgIpc) is 2.83. The Balaban J connectivity index is 1.64. The van der Waals surface area contributed by atoms with Gasteiger partial charge in [0.25, 0.3) is 5.91 Å². The Morgan fingerprint density at radius 2 is 1.79 bits per heavy atom. The largest absolute Gasteiger partial charge is 0.489 e. The quantitative estimate of drug-likeness (QED) is 0.600. The van der Waals surface area contributed by atoms with E-state index >= 15 is 0 Å². The van der Waals surface area contributed by atoms with E-state index in [0.717, 1.165) is 16.9 Å². The molecule has 2 aromatic carbocycles. The maximum atomic E-state index is 12.0. The van der Waals surface area contributed by atoms with Crippen molar-refractivity contribution in [3.63, 3.8) is 0 Å². The first-order valence-corrected chi connectivity index (χ1v) is 8.75. The lowest BCUT2D eigenvalue weighted by atomic mass is 10.1. The summed E-state index contributed by atoms with van der Waals surface area (Å²) >= 11 is 6.46. The molecule has 0 saturated carbocycles. The lowest BCUT2D eigenvalue weighted by molar-refractivity contribution is -0.121. The van der Waals surface area contributed by atoms with E-state index in [9.17, 15) is 4.79 Å². The molecule has 0 aliphatic carbocycles. The van der Waals surface area contributed by atoms with Crippen molar-refractivity contribution in [1.29, 1.82) is 0 Å². The summed E-state index contributed by atoms with van der Waals surface area (Å²) in [7, 11) is 1.69. The van der Waals surface area contributed by atoms with E-state index in [0.29, 0.717) is 15.8 Å². The molecule has 0 radical (unpaired) electrons. The molecule has 1 amide bonds. The highest BCUT2D eigenvalue weighted by atomic mass is 32.2. The highest BCUT2D eigenvalue weighted by Gasteiger charge is 2.28. The van der Waals surface area contributed by atoms with Crippen LogP contribution in [0.1, 0.15) is 16.7 Å². The van der Waals surface area contributed by atoms with E-state index in [1.165, 1.54) is 22.2 Å². The van der Waals surface area contributed by atoms with Crippen molar-refractivity contribution < 1.29 is 9.53 Å². The topological polar surface area (TPSA) is 29.5 Å². The lowest BCUT2D eigenvalue weighted by Gasteiger charge is -2.07. The molecule has 0 bridgehead atoms. The summed E-state index contributed by atoms with van der Waals surface area (Å²) in [6.07, 6.45) is 1.85. The molecule has 1 aliphatic heterocycles. The second kappa shape index (κ2) is 7.20. The molecule has 0 N–H and O–H groups in total.